The van der Waals surface area contributed by atoms with Crippen LogP contribution >= 0.6 is 10.7 Å². The number of esters is 2. The molecular formula is C7H13ClO5S. The molecule has 0 spiro atoms. The first-order valence-corrected chi connectivity index (χ1v) is 6.55. The van der Waals surface area contributed by atoms with Gasteiger partial charge in [-0.3, -0.25) is 9.59 Å². The molecule has 7 heteroatoms. The molecule has 0 aliphatic rings. The van der Waals surface area contributed by atoms with Gasteiger partial charge in [-0.25, -0.2) is 8.42 Å². The van der Waals surface area contributed by atoms with Gasteiger partial charge in [0.2, 0.25) is 9.05 Å². The zero-order valence-corrected chi connectivity index (χ0v) is 9.81. The predicted molar refractivity (Wildman–Crippen MR) is 52.4 cm³/mol. The molecule has 0 heterocycles. The molecule has 0 aromatic heterocycles. The number of carbonyl (C=O) groups excluding carboxylic acids is 2. The Balaban J connectivity index is 0. The van der Waals surface area contributed by atoms with E-state index in [9.17, 15) is 18.0 Å². The first kappa shape index (κ1) is 15.8. The maximum absolute atomic E-state index is 10.3. The highest BCUT2D eigenvalue weighted by Gasteiger charge is 2.03. The van der Waals surface area contributed by atoms with E-state index in [1.54, 1.807) is 13.8 Å². The van der Waals surface area contributed by atoms with Crippen LogP contribution in [0.15, 0.2) is 0 Å². The lowest BCUT2D eigenvalue weighted by molar-refractivity contribution is -0.159. The average Bonchev–Trinajstić information content (AvgIpc) is 2.01. The standard InChI is InChI=1S/C6H10O3.CH3ClO2S/c1-3-5(7)9-6(8)4-2;1-5(2,3)4/h3-4H2,1-2H3;1H3. The Morgan fingerprint density at radius 3 is 1.50 bits per heavy atom. The summed E-state index contributed by atoms with van der Waals surface area (Å²) in [5, 5.41) is 0. The van der Waals surface area contributed by atoms with Gasteiger partial charge >= 0.3 is 11.9 Å². The third-order valence-corrected chi connectivity index (χ3v) is 0.805. The van der Waals surface area contributed by atoms with Crippen LogP contribution < -0.4 is 0 Å². The highest BCUT2D eigenvalue weighted by molar-refractivity contribution is 8.13. The number of hydrogen-bond acceptors (Lipinski definition) is 5. The summed E-state index contributed by atoms with van der Waals surface area (Å²) in [5.74, 6) is -0.913. The summed E-state index contributed by atoms with van der Waals surface area (Å²) in [4.78, 5) is 20.7. The van der Waals surface area contributed by atoms with E-state index in [2.05, 4.69) is 15.4 Å². The summed E-state index contributed by atoms with van der Waals surface area (Å²) in [6.45, 7) is 3.29. The Kier molecular flexibility index (Phi) is 8.77. The van der Waals surface area contributed by atoms with Gasteiger partial charge in [0.15, 0.2) is 0 Å². The first-order chi connectivity index (χ1) is 6.20. The molecule has 0 saturated carbocycles. The van der Waals surface area contributed by atoms with Gasteiger partial charge < -0.3 is 4.74 Å². The maximum Gasteiger partial charge on any atom is 0.313 e. The Morgan fingerprint density at radius 1 is 1.14 bits per heavy atom. The van der Waals surface area contributed by atoms with Crippen molar-refractivity contribution in [2.45, 2.75) is 26.7 Å². The molecule has 0 aliphatic heterocycles. The number of halogens is 1. The van der Waals surface area contributed by atoms with E-state index >= 15 is 0 Å². The minimum absolute atomic E-state index is 0.256. The fourth-order valence-corrected chi connectivity index (χ4v) is 0.271. The fraction of sp³-hybridized carbons (Fsp3) is 0.714. The zero-order valence-electron chi connectivity index (χ0n) is 8.24. The van der Waals surface area contributed by atoms with E-state index in [4.69, 9.17) is 0 Å². The molecule has 0 atom stereocenters. The summed E-state index contributed by atoms with van der Waals surface area (Å²) in [6.07, 6.45) is 1.44. The van der Waals surface area contributed by atoms with Crippen LogP contribution in [0.25, 0.3) is 0 Å². The van der Waals surface area contributed by atoms with Gasteiger partial charge in [-0.2, -0.15) is 0 Å². The van der Waals surface area contributed by atoms with Crippen molar-refractivity contribution in [2.24, 2.45) is 0 Å². The molecule has 0 aromatic carbocycles. The summed E-state index contributed by atoms with van der Waals surface area (Å²) in [6, 6.07) is 0. The molecule has 0 radical (unpaired) electrons. The quantitative estimate of drug-likeness (QED) is 0.412. The lowest BCUT2D eigenvalue weighted by Crippen LogP contribution is -2.09. The molecule has 14 heavy (non-hydrogen) atoms. The van der Waals surface area contributed by atoms with E-state index in [-0.39, 0.29) is 12.8 Å². The van der Waals surface area contributed by atoms with Gasteiger partial charge in [-0.1, -0.05) is 13.8 Å². The van der Waals surface area contributed by atoms with Crippen LogP contribution in [0, 0.1) is 0 Å². The lowest BCUT2D eigenvalue weighted by atomic mass is 10.5. The Labute approximate surface area is 87.8 Å². The van der Waals surface area contributed by atoms with Gasteiger partial charge in [-0.05, 0) is 0 Å². The molecule has 0 fully saturated rings. The maximum atomic E-state index is 10.3. The molecule has 0 aromatic rings. The average molecular weight is 245 g/mol. The summed E-state index contributed by atoms with van der Waals surface area (Å²) in [5.41, 5.74) is 0. The second kappa shape index (κ2) is 7.75. The van der Waals surface area contributed by atoms with Gasteiger partial charge in [0.25, 0.3) is 0 Å². The molecule has 0 N–H and O–H groups in total. The predicted octanol–water partition coefficient (Wildman–Crippen LogP) is 1.06. The highest BCUT2D eigenvalue weighted by atomic mass is 35.7. The Bertz CT molecular complexity index is 260. The molecule has 0 amide bonds. The van der Waals surface area contributed by atoms with Crippen molar-refractivity contribution in [1.29, 1.82) is 0 Å². The van der Waals surface area contributed by atoms with Crippen molar-refractivity contribution in [2.75, 3.05) is 6.26 Å². The second-order valence-electron chi connectivity index (χ2n) is 2.23. The highest BCUT2D eigenvalue weighted by Crippen LogP contribution is 1.88. The molecule has 0 unspecified atom stereocenters. The summed E-state index contributed by atoms with van der Waals surface area (Å²) in [7, 11) is 1.31. The third kappa shape index (κ3) is 22.5. The fourth-order valence-electron chi connectivity index (χ4n) is 0.271. The molecule has 0 aliphatic carbocycles. The van der Waals surface area contributed by atoms with Crippen LogP contribution in [0.4, 0.5) is 0 Å². The van der Waals surface area contributed by atoms with Crippen molar-refractivity contribution in [1.82, 2.24) is 0 Å². The zero-order chi connectivity index (χ0) is 11.8. The smallest absolute Gasteiger partial charge is 0.313 e. The van der Waals surface area contributed by atoms with Crippen molar-refractivity contribution in [3.05, 3.63) is 0 Å². The second-order valence-corrected chi connectivity index (χ2v) is 5.28. The van der Waals surface area contributed by atoms with E-state index < -0.39 is 21.0 Å². The van der Waals surface area contributed by atoms with Crippen molar-refractivity contribution in [3.8, 4) is 0 Å². The summed E-state index contributed by atoms with van der Waals surface area (Å²) >= 11 is 0. The van der Waals surface area contributed by atoms with Crippen molar-refractivity contribution >= 4 is 31.7 Å². The van der Waals surface area contributed by atoms with Crippen LogP contribution in [0.5, 0.6) is 0 Å². The van der Waals surface area contributed by atoms with Gasteiger partial charge in [0.1, 0.15) is 0 Å². The van der Waals surface area contributed by atoms with Crippen LogP contribution in [-0.4, -0.2) is 26.6 Å². The van der Waals surface area contributed by atoms with E-state index in [0.717, 1.165) is 6.26 Å². The van der Waals surface area contributed by atoms with Gasteiger partial charge in [-0.15, -0.1) is 0 Å². The number of rotatable bonds is 2. The van der Waals surface area contributed by atoms with E-state index in [0.29, 0.717) is 0 Å². The largest absolute Gasteiger partial charge is 0.393 e. The van der Waals surface area contributed by atoms with Crippen LogP contribution in [0.1, 0.15) is 26.7 Å². The van der Waals surface area contributed by atoms with Crippen LogP contribution in [-0.2, 0) is 23.4 Å². The third-order valence-electron chi connectivity index (χ3n) is 0.805. The number of ether oxygens (including phenoxy) is 1. The Hall–Kier alpha value is -0.620. The normalized spacial score (nSPS) is 9.71. The minimum Gasteiger partial charge on any atom is -0.393 e. The van der Waals surface area contributed by atoms with Crippen LogP contribution in [0.2, 0.25) is 0 Å². The van der Waals surface area contributed by atoms with Crippen LogP contribution in [0.3, 0.4) is 0 Å². The minimum atomic E-state index is -3.19. The first-order valence-electron chi connectivity index (χ1n) is 3.83. The molecular weight excluding hydrogens is 232 g/mol. The van der Waals surface area contributed by atoms with Gasteiger partial charge in [0, 0.05) is 23.5 Å². The molecule has 0 saturated heterocycles. The van der Waals surface area contributed by atoms with E-state index in [1.807, 2.05) is 0 Å². The molecule has 0 bridgehead atoms. The Morgan fingerprint density at radius 2 is 1.36 bits per heavy atom. The number of hydrogen-bond donors (Lipinski definition) is 0. The van der Waals surface area contributed by atoms with Gasteiger partial charge in [0.05, 0.1) is 6.26 Å². The topological polar surface area (TPSA) is 77.5 Å². The molecule has 5 nitrogen and oxygen atoms in total. The molecule has 0 rings (SSSR count). The number of carbonyl (C=O) groups is 2. The van der Waals surface area contributed by atoms with Crippen molar-refractivity contribution in [3.63, 3.8) is 0 Å². The van der Waals surface area contributed by atoms with E-state index in [1.165, 1.54) is 0 Å². The lowest BCUT2D eigenvalue weighted by Gasteiger charge is -1.95. The monoisotopic (exact) mass is 244 g/mol. The summed E-state index contributed by atoms with van der Waals surface area (Å²) < 4.78 is 23.1. The molecule has 84 valence electrons. The SMILES string of the molecule is CCC(=O)OC(=O)CC.CS(=O)(=O)Cl. The van der Waals surface area contributed by atoms with Crippen molar-refractivity contribution < 1.29 is 22.7 Å².